The predicted molar refractivity (Wildman–Crippen MR) is 70.2 cm³/mol. The molecule has 1 aromatic rings. The third kappa shape index (κ3) is 2.70. The Labute approximate surface area is 107 Å². The van der Waals surface area contributed by atoms with Crippen molar-refractivity contribution < 1.29 is 9.59 Å². The lowest BCUT2D eigenvalue weighted by Gasteiger charge is -2.17. The molecule has 4 heteroatoms. The molecule has 0 aliphatic carbocycles. The van der Waals surface area contributed by atoms with Gasteiger partial charge in [0.05, 0.1) is 6.04 Å². The zero-order valence-corrected chi connectivity index (χ0v) is 10.7. The van der Waals surface area contributed by atoms with Crippen LogP contribution in [0.3, 0.4) is 0 Å². The van der Waals surface area contributed by atoms with Gasteiger partial charge in [-0.3, -0.25) is 9.59 Å². The van der Waals surface area contributed by atoms with Crippen LogP contribution in [0.4, 0.5) is 5.69 Å². The highest BCUT2D eigenvalue weighted by Gasteiger charge is 2.31. The standard InChI is InChI=1S/C14H18N2O2/c1-10(2)14(18)15-11-8-13(17)16(9-11)12-6-4-3-5-7-12/h3-7,10-11H,8-9H2,1-2H3,(H,15,18)/t11-/m1/s1. The molecule has 1 fully saturated rings. The van der Waals surface area contributed by atoms with Crippen molar-refractivity contribution in [1.29, 1.82) is 0 Å². The zero-order chi connectivity index (χ0) is 13.1. The summed E-state index contributed by atoms with van der Waals surface area (Å²) in [4.78, 5) is 25.2. The Bertz CT molecular complexity index is 442. The molecular formula is C14H18N2O2. The number of hydrogen-bond donors (Lipinski definition) is 1. The molecule has 0 unspecified atom stereocenters. The Morgan fingerprint density at radius 2 is 2.00 bits per heavy atom. The summed E-state index contributed by atoms with van der Waals surface area (Å²) < 4.78 is 0. The molecule has 96 valence electrons. The third-order valence-electron chi connectivity index (χ3n) is 3.06. The van der Waals surface area contributed by atoms with Crippen molar-refractivity contribution in [3.05, 3.63) is 30.3 Å². The maximum Gasteiger partial charge on any atom is 0.229 e. The van der Waals surface area contributed by atoms with E-state index in [-0.39, 0.29) is 23.8 Å². The second-order valence-corrected chi connectivity index (χ2v) is 4.90. The Morgan fingerprint density at radius 1 is 1.33 bits per heavy atom. The molecule has 1 atom stereocenters. The molecule has 0 bridgehead atoms. The first-order valence-corrected chi connectivity index (χ1v) is 6.23. The molecule has 0 spiro atoms. The fourth-order valence-electron chi connectivity index (χ4n) is 2.03. The molecule has 1 N–H and O–H groups in total. The fraction of sp³-hybridized carbons (Fsp3) is 0.429. The van der Waals surface area contributed by atoms with E-state index in [2.05, 4.69) is 5.32 Å². The van der Waals surface area contributed by atoms with E-state index >= 15 is 0 Å². The van der Waals surface area contributed by atoms with Crippen LogP contribution < -0.4 is 10.2 Å². The van der Waals surface area contributed by atoms with Crippen molar-refractivity contribution in [2.75, 3.05) is 11.4 Å². The second-order valence-electron chi connectivity index (χ2n) is 4.90. The van der Waals surface area contributed by atoms with Gasteiger partial charge in [0.15, 0.2) is 0 Å². The molecule has 2 amide bonds. The van der Waals surface area contributed by atoms with E-state index in [1.807, 2.05) is 44.2 Å². The van der Waals surface area contributed by atoms with Crippen molar-refractivity contribution in [3.63, 3.8) is 0 Å². The van der Waals surface area contributed by atoms with E-state index in [9.17, 15) is 9.59 Å². The van der Waals surface area contributed by atoms with Crippen LogP contribution in [0.1, 0.15) is 20.3 Å². The van der Waals surface area contributed by atoms with Crippen LogP contribution in [0, 0.1) is 5.92 Å². The second kappa shape index (κ2) is 5.21. The number of hydrogen-bond acceptors (Lipinski definition) is 2. The molecule has 0 radical (unpaired) electrons. The van der Waals surface area contributed by atoms with E-state index < -0.39 is 0 Å². The molecule has 1 aliphatic heterocycles. The minimum Gasteiger partial charge on any atom is -0.351 e. The average Bonchev–Trinajstić information content (AvgIpc) is 2.71. The summed E-state index contributed by atoms with van der Waals surface area (Å²) in [6, 6.07) is 9.47. The number of anilines is 1. The first-order chi connectivity index (χ1) is 8.58. The van der Waals surface area contributed by atoms with Crippen LogP contribution in [0.25, 0.3) is 0 Å². The van der Waals surface area contributed by atoms with Gasteiger partial charge in [0.1, 0.15) is 0 Å². The number of nitrogens with zero attached hydrogens (tertiary/aromatic N) is 1. The SMILES string of the molecule is CC(C)C(=O)N[C@@H]1CC(=O)N(c2ccccc2)C1. The van der Waals surface area contributed by atoms with Crippen LogP contribution in [-0.4, -0.2) is 24.4 Å². The van der Waals surface area contributed by atoms with Gasteiger partial charge >= 0.3 is 0 Å². The maximum absolute atomic E-state index is 11.9. The van der Waals surface area contributed by atoms with Gasteiger partial charge < -0.3 is 10.2 Å². The summed E-state index contributed by atoms with van der Waals surface area (Å²) in [5.74, 6) is 0.0174. The average molecular weight is 246 g/mol. The molecule has 4 nitrogen and oxygen atoms in total. The van der Waals surface area contributed by atoms with Crippen molar-refractivity contribution in [2.24, 2.45) is 5.92 Å². The number of amides is 2. The van der Waals surface area contributed by atoms with Gasteiger partial charge in [-0.05, 0) is 12.1 Å². The van der Waals surface area contributed by atoms with Crippen LogP contribution in [-0.2, 0) is 9.59 Å². The van der Waals surface area contributed by atoms with Gasteiger partial charge in [-0.15, -0.1) is 0 Å². The highest BCUT2D eigenvalue weighted by Crippen LogP contribution is 2.21. The first-order valence-electron chi connectivity index (χ1n) is 6.23. The topological polar surface area (TPSA) is 49.4 Å². The molecule has 1 saturated heterocycles. The van der Waals surface area contributed by atoms with Crippen LogP contribution in [0.5, 0.6) is 0 Å². The number of benzene rings is 1. The summed E-state index contributed by atoms with van der Waals surface area (Å²) in [6.07, 6.45) is 0.382. The first kappa shape index (κ1) is 12.6. The summed E-state index contributed by atoms with van der Waals surface area (Å²) in [5.41, 5.74) is 0.892. The van der Waals surface area contributed by atoms with E-state index in [0.29, 0.717) is 13.0 Å². The molecule has 1 aromatic carbocycles. The summed E-state index contributed by atoms with van der Waals surface area (Å²) in [5, 5.41) is 2.91. The Morgan fingerprint density at radius 3 is 2.61 bits per heavy atom. The smallest absolute Gasteiger partial charge is 0.229 e. The van der Waals surface area contributed by atoms with Crippen molar-refractivity contribution in [3.8, 4) is 0 Å². The van der Waals surface area contributed by atoms with Gasteiger partial charge in [0, 0.05) is 24.6 Å². The molecule has 2 rings (SSSR count). The summed E-state index contributed by atoms with van der Waals surface area (Å²) in [6.45, 7) is 4.25. The van der Waals surface area contributed by atoms with E-state index in [0.717, 1.165) is 5.69 Å². The van der Waals surface area contributed by atoms with Crippen molar-refractivity contribution >= 4 is 17.5 Å². The van der Waals surface area contributed by atoms with E-state index in [1.165, 1.54) is 0 Å². The van der Waals surface area contributed by atoms with Gasteiger partial charge in [-0.2, -0.15) is 0 Å². The lowest BCUT2D eigenvalue weighted by molar-refractivity contribution is -0.124. The number of rotatable bonds is 3. The molecular weight excluding hydrogens is 228 g/mol. The van der Waals surface area contributed by atoms with Gasteiger partial charge in [-0.1, -0.05) is 32.0 Å². The normalized spacial score (nSPS) is 19.4. The Balaban J connectivity index is 2.02. The molecule has 1 heterocycles. The molecule has 0 aromatic heterocycles. The molecule has 0 saturated carbocycles. The molecule has 18 heavy (non-hydrogen) atoms. The fourth-order valence-corrected chi connectivity index (χ4v) is 2.03. The van der Waals surface area contributed by atoms with Crippen LogP contribution in [0.2, 0.25) is 0 Å². The Kier molecular flexibility index (Phi) is 3.65. The van der Waals surface area contributed by atoms with E-state index in [1.54, 1.807) is 4.90 Å². The number of carbonyl (C=O) groups excluding carboxylic acids is 2. The summed E-state index contributed by atoms with van der Waals surface area (Å²) in [7, 11) is 0. The number of carbonyl (C=O) groups is 2. The summed E-state index contributed by atoms with van der Waals surface area (Å²) >= 11 is 0. The monoisotopic (exact) mass is 246 g/mol. The van der Waals surface area contributed by atoms with Gasteiger partial charge in [0.2, 0.25) is 11.8 Å². The van der Waals surface area contributed by atoms with Crippen LogP contribution in [0.15, 0.2) is 30.3 Å². The predicted octanol–water partition coefficient (Wildman–Crippen LogP) is 1.56. The van der Waals surface area contributed by atoms with Crippen molar-refractivity contribution in [2.45, 2.75) is 26.3 Å². The van der Waals surface area contributed by atoms with Crippen molar-refractivity contribution in [1.82, 2.24) is 5.32 Å². The zero-order valence-electron chi connectivity index (χ0n) is 10.7. The number of para-hydroxylation sites is 1. The third-order valence-corrected chi connectivity index (χ3v) is 3.06. The highest BCUT2D eigenvalue weighted by molar-refractivity contribution is 5.96. The lowest BCUT2D eigenvalue weighted by atomic mass is 10.2. The Hall–Kier alpha value is -1.84. The largest absolute Gasteiger partial charge is 0.351 e. The minimum atomic E-state index is -0.0763. The minimum absolute atomic E-state index is 0.00251. The molecule has 1 aliphatic rings. The quantitative estimate of drug-likeness (QED) is 0.880. The maximum atomic E-state index is 11.9. The van der Waals surface area contributed by atoms with E-state index in [4.69, 9.17) is 0 Å². The van der Waals surface area contributed by atoms with Gasteiger partial charge in [0.25, 0.3) is 0 Å². The van der Waals surface area contributed by atoms with Gasteiger partial charge in [-0.25, -0.2) is 0 Å². The lowest BCUT2D eigenvalue weighted by Crippen LogP contribution is -2.39. The number of nitrogens with one attached hydrogen (secondary N) is 1. The highest BCUT2D eigenvalue weighted by atomic mass is 16.2. The van der Waals surface area contributed by atoms with Crippen LogP contribution >= 0.6 is 0 Å².